The van der Waals surface area contributed by atoms with E-state index in [0.717, 1.165) is 4.70 Å². The first-order valence-electron chi connectivity index (χ1n) is 11.1. The molecule has 3 amide bonds. The van der Waals surface area contributed by atoms with Gasteiger partial charge in [0.25, 0.3) is 11.8 Å². The molecule has 6 rings (SSSR count). The van der Waals surface area contributed by atoms with E-state index < -0.39 is 54.1 Å². The summed E-state index contributed by atoms with van der Waals surface area (Å²) >= 11 is 7.49. The van der Waals surface area contributed by atoms with Crippen LogP contribution in [0.3, 0.4) is 0 Å². The van der Waals surface area contributed by atoms with E-state index in [1.165, 1.54) is 16.2 Å². The van der Waals surface area contributed by atoms with Crippen molar-refractivity contribution in [2.45, 2.75) is 56.2 Å². The van der Waals surface area contributed by atoms with Crippen LogP contribution in [0.15, 0.2) is 11.4 Å². The fourth-order valence-electron chi connectivity index (χ4n) is 5.49. The number of H-pyrrole nitrogens is 1. The molecule has 12 heteroatoms. The van der Waals surface area contributed by atoms with Crippen molar-refractivity contribution < 1.29 is 23.2 Å². The zero-order valence-electron chi connectivity index (χ0n) is 17.9. The summed E-state index contributed by atoms with van der Waals surface area (Å²) < 4.78 is 30.5. The molecule has 3 saturated heterocycles. The fraction of sp³-hybridized carbons (Fsp3) is 0.545. The molecule has 0 unspecified atom stereocenters. The number of alkyl halides is 2. The number of carbonyl (C=O) groups is 3. The fourth-order valence-corrected chi connectivity index (χ4v) is 6.64. The van der Waals surface area contributed by atoms with Crippen molar-refractivity contribution in [3.8, 4) is 6.07 Å². The average molecular weight is 510 g/mol. The van der Waals surface area contributed by atoms with Crippen molar-refractivity contribution >= 4 is 50.9 Å². The Labute approximate surface area is 202 Å². The number of fused-ring (bicyclic) bond motifs is 4. The minimum absolute atomic E-state index is 0.0879. The second-order valence-electron chi connectivity index (χ2n) is 9.17. The summed E-state index contributed by atoms with van der Waals surface area (Å²) in [5, 5.41) is 16.9. The molecule has 5 atom stereocenters. The molecule has 4 fully saturated rings. The van der Waals surface area contributed by atoms with Crippen molar-refractivity contribution in [3.63, 3.8) is 0 Å². The van der Waals surface area contributed by atoms with Crippen molar-refractivity contribution in [3.05, 3.63) is 22.2 Å². The van der Waals surface area contributed by atoms with Crippen molar-refractivity contribution in [2.24, 2.45) is 11.8 Å². The van der Waals surface area contributed by atoms with Crippen LogP contribution in [0.25, 0.3) is 10.2 Å². The minimum Gasteiger partial charge on any atom is -0.356 e. The largest absolute Gasteiger partial charge is 0.356 e. The third kappa shape index (κ3) is 3.82. The summed E-state index contributed by atoms with van der Waals surface area (Å²) in [5.41, 5.74) is 0.764. The predicted molar refractivity (Wildman–Crippen MR) is 120 cm³/mol. The number of halogens is 3. The number of amides is 3. The van der Waals surface area contributed by atoms with E-state index in [1.807, 2.05) is 6.07 Å². The lowest BCUT2D eigenvalue weighted by Gasteiger charge is -2.53. The zero-order chi connectivity index (χ0) is 24.2. The summed E-state index contributed by atoms with van der Waals surface area (Å²) in [6, 6.07) is 0.323. The lowest BCUT2D eigenvalue weighted by Crippen LogP contribution is -2.68. The summed E-state index contributed by atoms with van der Waals surface area (Å²) in [5.74, 6) is -6.42. The number of hydrogen-bond acceptors (Lipinski definition) is 5. The van der Waals surface area contributed by atoms with Gasteiger partial charge in [-0.3, -0.25) is 14.4 Å². The maximum Gasteiger partial charge on any atom is 0.271 e. The van der Waals surface area contributed by atoms with Crippen LogP contribution in [0.2, 0.25) is 5.02 Å². The van der Waals surface area contributed by atoms with Gasteiger partial charge in [0.15, 0.2) is 0 Å². The Balaban J connectivity index is 1.42. The highest BCUT2D eigenvalue weighted by molar-refractivity contribution is 7.17. The van der Waals surface area contributed by atoms with E-state index in [4.69, 9.17) is 11.6 Å². The molecule has 5 heterocycles. The summed E-state index contributed by atoms with van der Waals surface area (Å²) in [4.78, 5) is 42.9. The van der Waals surface area contributed by atoms with Gasteiger partial charge in [-0.15, -0.1) is 11.3 Å². The Morgan fingerprint density at radius 3 is 2.82 bits per heavy atom. The average Bonchev–Trinajstić information content (AvgIpc) is 3.49. The Hall–Kier alpha value is -2.71. The van der Waals surface area contributed by atoms with E-state index >= 15 is 0 Å². The summed E-state index contributed by atoms with van der Waals surface area (Å²) in [6.07, 6.45) is 0.594. The molecule has 180 valence electrons. The summed E-state index contributed by atoms with van der Waals surface area (Å²) in [6.45, 7) is 0.494. The lowest BCUT2D eigenvalue weighted by molar-refractivity contribution is -0.179. The number of carbonyl (C=O) groups excluding carboxylic acids is 3. The van der Waals surface area contributed by atoms with Gasteiger partial charge in [-0.1, -0.05) is 11.6 Å². The molecular formula is C22H22ClF2N5O3S. The molecule has 0 aromatic carbocycles. The second kappa shape index (κ2) is 8.50. The maximum atomic E-state index is 14.9. The lowest BCUT2D eigenvalue weighted by atomic mass is 9.71. The highest BCUT2D eigenvalue weighted by Crippen LogP contribution is 2.49. The van der Waals surface area contributed by atoms with Crippen LogP contribution < -0.4 is 10.6 Å². The van der Waals surface area contributed by atoms with Gasteiger partial charge in [0, 0.05) is 30.3 Å². The van der Waals surface area contributed by atoms with Crippen LogP contribution in [0.4, 0.5) is 8.78 Å². The van der Waals surface area contributed by atoms with Gasteiger partial charge in [-0.05, 0) is 31.7 Å². The zero-order valence-corrected chi connectivity index (χ0v) is 19.5. The number of aromatic nitrogens is 1. The molecular weight excluding hydrogens is 488 g/mol. The summed E-state index contributed by atoms with van der Waals surface area (Å²) in [7, 11) is 0. The number of nitriles is 1. The molecule has 0 spiro atoms. The van der Waals surface area contributed by atoms with Gasteiger partial charge in [-0.25, -0.2) is 8.78 Å². The van der Waals surface area contributed by atoms with E-state index in [2.05, 4.69) is 15.6 Å². The first-order chi connectivity index (χ1) is 16.2. The highest BCUT2D eigenvalue weighted by Gasteiger charge is 2.60. The molecule has 4 aliphatic rings. The van der Waals surface area contributed by atoms with Gasteiger partial charge in [0.1, 0.15) is 17.8 Å². The SMILES string of the molecule is N#C[C@@H](C[C@H]1CCNC1=O)NC(=O)[C@H]1[C@H]2CC[C@H](CC2(F)F)N1C(=O)c1cc2scc(Cl)c2[nH]1. The van der Waals surface area contributed by atoms with Crippen molar-refractivity contribution in [2.75, 3.05) is 6.54 Å². The molecule has 0 radical (unpaired) electrons. The Bertz CT molecular complexity index is 1210. The molecule has 3 aliphatic heterocycles. The number of aromatic amines is 1. The first-order valence-corrected chi connectivity index (χ1v) is 12.4. The topological polar surface area (TPSA) is 118 Å². The Morgan fingerprint density at radius 2 is 2.18 bits per heavy atom. The molecule has 8 nitrogen and oxygen atoms in total. The van der Waals surface area contributed by atoms with Crippen LogP contribution in [0.1, 0.15) is 42.6 Å². The Morgan fingerprint density at radius 1 is 1.38 bits per heavy atom. The number of thiophene rings is 1. The molecule has 1 saturated carbocycles. The van der Waals surface area contributed by atoms with E-state index in [9.17, 15) is 28.4 Å². The maximum absolute atomic E-state index is 14.9. The second-order valence-corrected chi connectivity index (χ2v) is 10.5. The number of nitrogens with zero attached hydrogens (tertiary/aromatic N) is 2. The Kier molecular flexibility index (Phi) is 5.76. The smallest absolute Gasteiger partial charge is 0.271 e. The van der Waals surface area contributed by atoms with Crippen LogP contribution in [-0.2, 0) is 9.59 Å². The van der Waals surface area contributed by atoms with Gasteiger partial charge in [0.2, 0.25) is 11.8 Å². The van der Waals surface area contributed by atoms with Gasteiger partial charge >= 0.3 is 0 Å². The molecule has 1 aliphatic carbocycles. The third-order valence-corrected chi connectivity index (χ3v) is 8.49. The minimum atomic E-state index is -3.10. The number of hydrogen-bond donors (Lipinski definition) is 3. The standard InChI is InChI=1S/C22H22ClF2N5O3S/c23-14-9-34-16-6-15(29-17(14)16)21(33)30-12-1-2-13(22(24,25)7-12)18(30)20(32)28-11(8-26)5-10-3-4-27-19(10)31/h6,9-13,18,29H,1-5,7H2,(H,27,31)(H,28,32)/t10-,11-,12-,13-,18-/m1/s1. The van der Waals surface area contributed by atoms with Crippen molar-refractivity contribution in [1.82, 2.24) is 20.5 Å². The number of nitrogens with one attached hydrogen (secondary N) is 3. The highest BCUT2D eigenvalue weighted by atomic mass is 35.5. The van der Waals surface area contributed by atoms with Crippen LogP contribution >= 0.6 is 22.9 Å². The van der Waals surface area contributed by atoms with E-state index in [0.29, 0.717) is 29.9 Å². The molecule has 3 N–H and O–H groups in total. The van der Waals surface area contributed by atoms with E-state index in [1.54, 1.807) is 11.4 Å². The number of piperidine rings is 2. The third-order valence-electron chi connectivity index (χ3n) is 7.13. The van der Waals surface area contributed by atoms with E-state index in [-0.39, 0.29) is 24.4 Å². The predicted octanol–water partition coefficient (Wildman–Crippen LogP) is 3.05. The quantitative estimate of drug-likeness (QED) is 0.574. The first kappa shape index (κ1) is 23.1. The normalized spacial score (nSPS) is 28.5. The number of rotatable bonds is 5. The van der Waals surface area contributed by atoms with Crippen LogP contribution in [-0.4, -0.2) is 58.2 Å². The van der Waals surface area contributed by atoms with Gasteiger partial charge < -0.3 is 20.5 Å². The molecule has 2 aromatic rings. The monoisotopic (exact) mass is 509 g/mol. The van der Waals surface area contributed by atoms with Crippen LogP contribution in [0.5, 0.6) is 0 Å². The molecule has 2 aromatic heterocycles. The van der Waals surface area contributed by atoms with Crippen molar-refractivity contribution in [1.29, 1.82) is 5.26 Å². The molecule has 2 bridgehead atoms. The van der Waals surface area contributed by atoms with Gasteiger partial charge in [0.05, 0.1) is 27.2 Å². The van der Waals surface area contributed by atoms with Crippen LogP contribution in [0, 0.1) is 23.2 Å². The van der Waals surface area contributed by atoms with Gasteiger partial charge in [-0.2, -0.15) is 5.26 Å². The molecule has 34 heavy (non-hydrogen) atoms.